The zero-order valence-electron chi connectivity index (χ0n) is 15.9. The molecule has 1 aromatic heterocycles. The third-order valence-electron chi connectivity index (χ3n) is 4.76. The van der Waals surface area contributed by atoms with Crippen molar-refractivity contribution >= 4 is 34.4 Å². The van der Waals surface area contributed by atoms with E-state index in [1.54, 1.807) is 36.4 Å². The van der Waals surface area contributed by atoms with Gasteiger partial charge in [-0.2, -0.15) is 0 Å². The van der Waals surface area contributed by atoms with E-state index in [9.17, 15) is 14.4 Å². The fourth-order valence-corrected chi connectivity index (χ4v) is 3.30. The molecule has 1 atom stereocenters. The molecule has 0 bridgehead atoms. The first-order valence-electron chi connectivity index (χ1n) is 9.45. The van der Waals surface area contributed by atoms with E-state index in [2.05, 4.69) is 5.32 Å². The van der Waals surface area contributed by atoms with Crippen LogP contribution in [0.2, 0.25) is 5.02 Å². The third kappa shape index (κ3) is 4.53. The molecule has 0 saturated carbocycles. The summed E-state index contributed by atoms with van der Waals surface area (Å²) in [5.41, 5.74) is -0.323. The predicted molar refractivity (Wildman–Crippen MR) is 110 cm³/mol. The van der Waals surface area contributed by atoms with Crippen molar-refractivity contribution in [3.8, 4) is 5.75 Å². The molecule has 1 aliphatic rings. The maximum Gasteiger partial charge on any atom is 0.349 e. The Hall–Kier alpha value is -3.16. The molecular weight excluding hydrogens is 410 g/mol. The fourth-order valence-electron chi connectivity index (χ4n) is 3.17. The highest BCUT2D eigenvalue weighted by molar-refractivity contribution is 6.30. The molecule has 1 N–H and O–H groups in total. The van der Waals surface area contributed by atoms with Gasteiger partial charge in [-0.05, 0) is 55.3 Å². The van der Waals surface area contributed by atoms with E-state index in [0.717, 1.165) is 12.8 Å². The monoisotopic (exact) mass is 427 g/mol. The van der Waals surface area contributed by atoms with Crippen LogP contribution in [0.4, 0.5) is 0 Å². The Morgan fingerprint density at radius 1 is 1.13 bits per heavy atom. The quantitative estimate of drug-likeness (QED) is 0.380. The SMILES string of the molecule is O=C(Oc1ccc2cc(C(=O)NCC3CCCO3)c(=O)oc2c1)c1ccc(Cl)cc1. The second kappa shape index (κ2) is 8.69. The normalized spacial score (nSPS) is 15.8. The van der Waals surface area contributed by atoms with E-state index in [0.29, 0.717) is 29.1 Å². The van der Waals surface area contributed by atoms with Crippen LogP contribution >= 0.6 is 11.6 Å². The number of halogens is 1. The third-order valence-corrected chi connectivity index (χ3v) is 5.01. The molecule has 30 heavy (non-hydrogen) atoms. The number of esters is 1. The molecule has 0 radical (unpaired) electrons. The summed E-state index contributed by atoms with van der Waals surface area (Å²) in [6.45, 7) is 1.03. The Morgan fingerprint density at radius 2 is 1.93 bits per heavy atom. The smallest absolute Gasteiger partial charge is 0.349 e. The van der Waals surface area contributed by atoms with Crippen molar-refractivity contribution in [2.45, 2.75) is 18.9 Å². The molecule has 1 unspecified atom stereocenters. The number of benzene rings is 2. The van der Waals surface area contributed by atoms with Gasteiger partial charge in [-0.1, -0.05) is 11.6 Å². The predicted octanol–water partition coefficient (Wildman–Crippen LogP) is 3.57. The van der Waals surface area contributed by atoms with Crippen LogP contribution in [0.25, 0.3) is 11.0 Å². The zero-order valence-corrected chi connectivity index (χ0v) is 16.6. The fraction of sp³-hybridized carbons (Fsp3) is 0.227. The van der Waals surface area contributed by atoms with Crippen molar-refractivity contribution in [2.24, 2.45) is 0 Å². The Bertz CT molecular complexity index is 1150. The van der Waals surface area contributed by atoms with E-state index in [1.165, 1.54) is 12.1 Å². The van der Waals surface area contributed by atoms with Crippen molar-refractivity contribution in [1.82, 2.24) is 5.32 Å². The minimum Gasteiger partial charge on any atom is -0.423 e. The molecule has 1 aliphatic heterocycles. The van der Waals surface area contributed by atoms with E-state index < -0.39 is 17.5 Å². The van der Waals surface area contributed by atoms with Crippen molar-refractivity contribution in [3.05, 3.63) is 75.1 Å². The van der Waals surface area contributed by atoms with E-state index in [4.69, 9.17) is 25.5 Å². The minimum absolute atomic E-state index is 0.0284. The standard InChI is InChI=1S/C22H18ClNO6/c23-15-6-3-13(4-7-15)21(26)29-16-8-5-14-10-18(22(27)30-19(14)11-16)20(25)24-12-17-2-1-9-28-17/h3-8,10-11,17H,1-2,9,12H2,(H,24,25). The summed E-state index contributed by atoms with van der Waals surface area (Å²) in [6, 6.07) is 12.3. The summed E-state index contributed by atoms with van der Waals surface area (Å²) >= 11 is 5.82. The lowest BCUT2D eigenvalue weighted by Crippen LogP contribution is -2.34. The number of carbonyl (C=O) groups excluding carboxylic acids is 2. The molecule has 1 saturated heterocycles. The molecule has 2 heterocycles. The lowest BCUT2D eigenvalue weighted by Gasteiger charge is -2.10. The molecule has 0 spiro atoms. The Kier molecular flexibility index (Phi) is 5.83. The molecule has 1 amide bonds. The maximum absolute atomic E-state index is 12.4. The first-order chi connectivity index (χ1) is 14.5. The van der Waals surface area contributed by atoms with Gasteiger partial charge in [-0.25, -0.2) is 9.59 Å². The molecular formula is C22H18ClNO6. The number of fused-ring (bicyclic) bond motifs is 1. The lowest BCUT2D eigenvalue weighted by molar-refractivity contribution is 0.0734. The van der Waals surface area contributed by atoms with Crippen molar-refractivity contribution in [1.29, 1.82) is 0 Å². The average Bonchev–Trinajstić information content (AvgIpc) is 3.25. The number of nitrogens with one attached hydrogen (secondary N) is 1. The van der Waals surface area contributed by atoms with Gasteiger partial charge in [0, 0.05) is 29.6 Å². The number of amides is 1. The van der Waals surface area contributed by atoms with Crippen LogP contribution in [0.5, 0.6) is 5.75 Å². The van der Waals surface area contributed by atoms with Crippen LogP contribution < -0.4 is 15.7 Å². The van der Waals surface area contributed by atoms with E-state index in [-0.39, 0.29) is 23.0 Å². The summed E-state index contributed by atoms with van der Waals surface area (Å²) in [6.07, 6.45) is 1.81. The van der Waals surface area contributed by atoms with Crippen LogP contribution in [-0.2, 0) is 4.74 Å². The van der Waals surface area contributed by atoms with Gasteiger partial charge in [-0.3, -0.25) is 4.79 Å². The zero-order chi connectivity index (χ0) is 21.1. The van der Waals surface area contributed by atoms with Crippen LogP contribution in [0.15, 0.2) is 57.7 Å². The Labute approximate surface area is 176 Å². The topological polar surface area (TPSA) is 94.8 Å². The van der Waals surface area contributed by atoms with E-state index in [1.807, 2.05) is 0 Å². The highest BCUT2D eigenvalue weighted by Crippen LogP contribution is 2.22. The molecule has 3 aromatic rings. The van der Waals surface area contributed by atoms with Crippen LogP contribution in [0.3, 0.4) is 0 Å². The van der Waals surface area contributed by atoms with Gasteiger partial charge in [0.2, 0.25) is 0 Å². The molecule has 7 nitrogen and oxygen atoms in total. The molecule has 2 aromatic carbocycles. The number of carbonyl (C=O) groups is 2. The highest BCUT2D eigenvalue weighted by Gasteiger charge is 2.19. The molecule has 1 fully saturated rings. The summed E-state index contributed by atoms with van der Waals surface area (Å²) in [7, 11) is 0. The Balaban J connectivity index is 1.50. The second-order valence-corrected chi connectivity index (χ2v) is 7.33. The summed E-state index contributed by atoms with van der Waals surface area (Å²) < 4.78 is 16.1. The van der Waals surface area contributed by atoms with Crippen molar-refractivity contribution in [3.63, 3.8) is 0 Å². The highest BCUT2D eigenvalue weighted by atomic mass is 35.5. The molecule has 8 heteroatoms. The van der Waals surface area contributed by atoms with Gasteiger partial charge < -0.3 is 19.2 Å². The van der Waals surface area contributed by atoms with E-state index >= 15 is 0 Å². The lowest BCUT2D eigenvalue weighted by atomic mass is 10.1. The minimum atomic E-state index is -0.770. The number of hydrogen-bond acceptors (Lipinski definition) is 6. The van der Waals surface area contributed by atoms with Gasteiger partial charge in [0.15, 0.2) is 0 Å². The van der Waals surface area contributed by atoms with Gasteiger partial charge in [0.25, 0.3) is 5.91 Å². The number of rotatable bonds is 5. The van der Waals surface area contributed by atoms with Gasteiger partial charge in [0.1, 0.15) is 16.9 Å². The average molecular weight is 428 g/mol. The largest absolute Gasteiger partial charge is 0.423 e. The maximum atomic E-state index is 12.4. The van der Waals surface area contributed by atoms with Crippen LogP contribution in [0, 0.1) is 0 Å². The van der Waals surface area contributed by atoms with Crippen LogP contribution in [-0.4, -0.2) is 31.1 Å². The van der Waals surface area contributed by atoms with Crippen molar-refractivity contribution in [2.75, 3.05) is 13.2 Å². The van der Waals surface area contributed by atoms with Gasteiger partial charge in [0.05, 0.1) is 11.7 Å². The first-order valence-corrected chi connectivity index (χ1v) is 9.83. The van der Waals surface area contributed by atoms with Crippen LogP contribution in [0.1, 0.15) is 33.6 Å². The van der Waals surface area contributed by atoms with Gasteiger partial charge in [-0.15, -0.1) is 0 Å². The Morgan fingerprint density at radius 3 is 2.67 bits per heavy atom. The summed E-state index contributed by atoms with van der Waals surface area (Å²) in [4.78, 5) is 36.9. The summed E-state index contributed by atoms with van der Waals surface area (Å²) in [5.74, 6) is -0.876. The number of ether oxygens (including phenoxy) is 2. The van der Waals surface area contributed by atoms with Crippen molar-refractivity contribution < 1.29 is 23.5 Å². The second-order valence-electron chi connectivity index (χ2n) is 6.89. The van der Waals surface area contributed by atoms with Gasteiger partial charge >= 0.3 is 11.6 Å². The summed E-state index contributed by atoms with van der Waals surface area (Å²) in [5, 5.41) is 3.74. The molecule has 0 aliphatic carbocycles. The molecule has 4 rings (SSSR count). The first kappa shape index (κ1) is 20.1. The number of hydrogen-bond donors (Lipinski definition) is 1. The molecule has 154 valence electrons.